The van der Waals surface area contributed by atoms with Gasteiger partial charge in [-0.3, -0.25) is 4.57 Å². The van der Waals surface area contributed by atoms with Crippen LogP contribution < -0.4 is 0 Å². The van der Waals surface area contributed by atoms with Crippen LogP contribution in [-0.2, 0) is 0 Å². The molecule has 0 amide bonds. The molecule has 238 valence electrons. The van der Waals surface area contributed by atoms with Crippen molar-refractivity contribution in [2.45, 2.75) is 11.8 Å². The fourth-order valence-electron chi connectivity index (χ4n) is 8.81. The largest absolute Gasteiger partial charge is 0.456 e. The monoisotopic (exact) mass is 653 g/mol. The van der Waals surface area contributed by atoms with Crippen LogP contribution in [0.4, 0.5) is 0 Å². The number of hydrogen-bond donors (Lipinski definition) is 0. The number of para-hydroxylation sites is 4. The smallest absolute Gasteiger partial charge is 0.165 e. The molecule has 0 N–H and O–H groups in total. The number of allylic oxidation sites excluding steroid dienone is 4. The first-order valence-electron chi connectivity index (χ1n) is 17.4. The highest BCUT2D eigenvalue weighted by atomic mass is 16.3. The number of fused-ring (bicyclic) bond motifs is 16. The molecule has 0 saturated heterocycles. The van der Waals surface area contributed by atoms with Gasteiger partial charge in [0, 0.05) is 44.5 Å². The molecular formula is C46H27N3O2. The summed E-state index contributed by atoms with van der Waals surface area (Å²) < 4.78 is 15.6. The lowest BCUT2D eigenvalue weighted by molar-refractivity contribution is 0.601. The van der Waals surface area contributed by atoms with E-state index in [0.29, 0.717) is 0 Å². The Balaban J connectivity index is 1.23. The summed E-state index contributed by atoms with van der Waals surface area (Å²) in [5.41, 5.74) is 10.7. The number of aromatic nitrogens is 3. The van der Waals surface area contributed by atoms with Gasteiger partial charge in [0.2, 0.25) is 0 Å². The van der Waals surface area contributed by atoms with Gasteiger partial charge in [-0.15, -0.1) is 0 Å². The maximum absolute atomic E-state index is 7.05. The van der Waals surface area contributed by atoms with Crippen LogP contribution in [-0.4, -0.2) is 14.5 Å². The lowest BCUT2D eigenvalue weighted by Gasteiger charge is -2.30. The Hall–Kier alpha value is -6.72. The van der Waals surface area contributed by atoms with Crippen LogP contribution in [0.1, 0.15) is 23.0 Å². The van der Waals surface area contributed by atoms with Crippen molar-refractivity contribution in [3.05, 3.63) is 163 Å². The summed E-state index contributed by atoms with van der Waals surface area (Å²) in [7, 11) is 0. The second kappa shape index (κ2) is 9.93. The fourth-order valence-corrected chi connectivity index (χ4v) is 8.81. The Bertz CT molecular complexity index is 3170. The van der Waals surface area contributed by atoms with E-state index in [1.54, 1.807) is 0 Å². The van der Waals surface area contributed by atoms with E-state index in [-0.39, 0.29) is 11.8 Å². The number of furan rings is 2. The molecule has 2 aliphatic rings. The molecule has 0 saturated carbocycles. The van der Waals surface area contributed by atoms with Gasteiger partial charge in [0.15, 0.2) is 11.6 Å². The van der Waals surface area contributed by atoms with Gasteiger partial charge in [0.1, 0.15) is 22.4 Å². The van der Waals surface area contributed by atoms with Crippen molar-refractivity contribution in [1.82, 2.24) is 14.5 Å². The lowest BCUT2D eigenvalue weighted by Crippen LogP contribution is -2.16. The van der Waals surface area contributed by atoms with Crippen molar-refractivity contribution >= 4 is 65.6 Å². The van der Waals surface area contributed by atoms with E-state index in [1.165, 1.54) is 32.7 Å². The second-order valence-corrected chi connectivity index (χ2v) is 13.6. The molecule has 2 atom stereocenters. The van der Waals surface area contributed by atoms with Crippen LogP contribution in [0, 0.1) is 0 Å². The van der Waals surface area contributed by atoms with Gasteiger partial charge >= 0.3 is 0 Å². The van der Waals surface area contributed by atoms with E-state index in [4.69, 9.17) is 18.8 Å². The van der Waals surface area contributed by atoms with Crippen molar-refractivity contribution in [2.75, 3.05) is 0 Å². The molecule has 0 radical (unpaired) electrons. The number of benzene rings is 6. The van der Waals surface area contributed by atoms with Crippen LogP contribution in [0.5, 0.6) is 0 Å². The average Bonchev–Trinajstić information content (AvgIpc) is 3.87. The van der Waals surface area contributed by atoms with Gasteiger partial charge < -0.3 is 8.83 Å². The van der Waals surface area contributed by atoms with Crippen molar-refractivity contribution in [3.63, 3.8) is 0 Å². The predicted octanol–water partition coefficient (Wildman–Crippen LogP) is 12.0. The molecule has 51 heavy (non-hydrogen) atoms. The predicted molar refractivity (Wildman–Crippen MR) is 206 cm³/mol. The maximum atomic E-state index is 7.05. The molecule has 5 heteroatoms. The van der Waals surface area contributed by atoms with E-state index in [0.717, 1.165) is 72.6 Å². The zero-order valence-electron chi connectivity index (χ0n) is 27.2. The summed E-state index contributed by atoms with van der Waals surface area (Å²) in [5.74, 6) is 1.91. The summed E-state index contributed by atoms with van der Waals surface area (Å²) in [4.78, 5) is 10.8. The van der Waals surface area contributed by atoms with Crippen molar-refractivity contribution in [1.29, 1.82) is 0 Å². The third-order valence-electron chi connectivity index (χ3n) is 11.0. The van der Waals surface area contributed by atoms with Crippen molar-refractivity contribution in [2.24, 2.45) is 0 Å². The summed E-state index contributed by atoms with van der Waals surface area (Å²) in [6.45, 7) is 0. The van der Waals surface area contributed by atoms with Gasteiger partial charge in [-0.05, 0) is 64.9 Å². The topological polar surface area (TPSA) is 57.0 Å². The quantitative estimate of drug-likeness (QED) is 0.186. The Morgan fingerprint density at radius 2 is 1.22 bits per heavy atom. The number of rotatable bonds is 2. The standard InChI is InChI=1S/C46H27N3O2/c1-2-12-28-26(11-1)21-24-39-41(28)42-31-15-4-3-14-30(31)40-32-16-5-9-19-36(32)49(44(40)45(42)51-39)46-43(47-34-17-7-8-18-35(34)48-46)27-22-23-38-33(25-27)29-13-6-10-20-37(29)50-38/h1-25,30-31H. The zero-order chi connectivity index (χ0) is 33.2. The molecule has 5 nitrogen and oxygen atoms in total. The Morgan fingerprint density at radius 1 is 0.529 bits per heavy atom. The average molecular weight is 654 g/mol. The molecular weight excluding hydrogens is 627 g/mol. The van der Waals surface area contributed by atoms with Crippen LogP contribution in [0.25, 0.3) is 94.1 Å². The van der Waals surface area contributed by atoms with E-state index < -0.39 is 0 Å². The molecule has 0 fully saturated rings. The molecule has 2 unspecified atom stereocenters. The van der Waals surface area contributed by atoms with E-state index >= 15 is 0 Å². The Kier molecular flexibility index (Phi) is 5.28. The SMILES string of the molecule is C1=CC2c3c(n(-c4nc5ccccc5nc4-c4ccc5oc6ccccc6c5c4)c4ccccc34)-c3oc4ccc5ccccc5c4c3C2C=C1. The highest BCUT2D eigenvalue weighted by Crippen LogP contribution is 2.57. The van der Waals surface area contributed by atoms with Crippen LogP contribution in [0.15, 0.2) is 161 Å². The minimum Gasteiger partial charge on any atom is -0.456 e. The zero-order valence-corrected chi connectivity index (χ0v) is 27.2. The molecule has 6 aromatic carbocycles. The van der Waals surface area contributed by atoms with E-state index in [1.807, 2.05) is 36.4 Å². The van der Waals surface area contributed by atoms with Gasteiger partial charge in [-0.1, -0.05) is 103 Å². The number of nitrogens with zero attached hydrogens (tertiary/aromatic N) is 3. The van der Waals surface area contributed by atoms with Crippen molar-refractivity contribution in [3.8, 4) is 28.5 Å². The molecule has 0 aliphatic heterocycles. The molecule has 2 aliphatic carbocycles. The Labute approximate surface area is 291 Å². The first-order valence-corrected chi connectivity index (χ1v) is 17.4. The van der Waals surface area contributed by atoms with Gasteiger partial charge in [0.05, 0.1) is 22.2 Å². The van der Waals surface area contributed by atoms with Crippen LogP contribution in [0.2, 0.25) is 0 Å². The highest BCUT2D eigenvalue weighted by Gasteiger charge is 2.41. The minimum absolute atomic E-state index is 0.119. The second-order valence-electron chi connectivity index (χ2n) is 13.6. The first-order chi connectivity index (χ1) is 25.3. The van der Waals surface area contributed by atoms with Gasteiger partial charge in [-0.25, -0.2) is 9.97 Å². The highest BCUT2D eigenvalue weighted by molar-refractivity contribution is 6.12. The summed E-state index contributed by atoms with van der Waals surface area (Å²) in [6, 6.07) is 44.3. The van der Waals surface area contributed by atoms with E-state index in [2.05, 4.69) is 120 Å². The molecule has 0 bridgehead atoms. The van der Waals surface area contributed by atoms with Crippen LogP contribution >= 0.6 is 0 Å². The Morgan fingerprint density at radius 3 is 2.10 bits per heavy atom. The maximum Gasteiger partial charge on any atom is 0.165 e. The lowest BCUT2D eigenvalue weighted by atomic mass is 9.72. The molecule has 12 rings (SSSR count). The van der Waals surface area contributed by atoms with Gasteiger partial charge in [-0.2, -0.15) is 0 Å². The third kappa shape index (κ3) is 3.64. The first kappa shape index (κ1) is 27.1. The van der Waals surface area contributed by atoms with Crippen LogP contribution in [0.3, 0.4) is 0 Å². The fraction of sp³-hybridized carbons (Fsp3) is 0.0435. The minimum atomic E-state index is 0.119. The third-order valence-corrected chi connectivity index (χ3v) is 11.0. The molecule has 4 aromatic heterocycles. The van der Waals surface area contributed by atoms with Crippen molar-refractivity contribution < 1.29 is 8.83 Å². The van der Waals surface area contributed by atoms with E-state index in [9.17, 15) is 0 Å². The number of hydrogen-bond acceptors (Lipinski definition) is 4. The van der Waals surface area contributed by atoms with Gasteiger partial charge in [0.25, 0.3) is 0 Å². The molecule has 0 spiro atoms. The molecule has 10 aromatic rings. The summed E-state index contributed by atoms with van der Waals surface area (Å²) >= 11 is 0. The molecule has 4 heterocycles. The normalized spacial score (nSPS) is 16.5. The summed E-state index contributed by atoms with van der Waals surface area (Å²) in [5, 5.41) is 6.92. The summed E-state index contributed by atoms with van der Waals surface area (Å²) in [6.07, 6.45) is 9.08.